The second kappa shape index (κ2) is 11.0. The monoisotopic (exact) mass is 451 g/mol. The van der Waals surface area contributed by atoms with Crippen molar-refractivity contribution in [2.45, 2.75) is 44.1 Å². The van der Waals surface area contributed by atoms with Crippen LogP contribution in [0.15, 0.2) is 39.8 Å². The molecule has 27 heavy (non-hydrogen) atoms. The normalized spacial score (nSPS) is 10.6. The van der Waals surface area contributed by atoms with Gasteiger partial charge in [0.15, 0.2) is 5.69 Å². The van der Waals surface area contributed by atoms with Gasteiger partial charge in [-0.1, -0.05) is 48.5 Å². The molecule has 0 aliphatic rings. The van der Waals surface area contributed by atoms with E-state index in [1.807, 2.05) is 0 Å². The van der Waals surface area contributed by atoms with Crippen molar-refractivity contribution < 1.29 is 14.7 Å². The molecule has 8 heteroatoms. The third kappa shape index (κ3) is 6.95. The minimum absolute atomic E-state index is 0.000864. The van der Waals surface area contributed by atoms with E-state index < -0.39 is 11.9 Å². The molecule has 0 bridgehead atoms. The molecule has 1 aromatic carbocycles. The number of carboxylic acid groups (broad SMARTS) is 1. The van der Waals surface area contributed by atoms with E-state index >= 15 is 0 Å². The molecule has 6 nitrogen and oxygen atoms in total. The number of carboxylic acids is 1. The fourth-order valence-electron chi connectivity index (χ4n) is 2.39. The number of nitrogens with zero attached hydrogens (tertiary/aromatic N) is 2. The molecule has 0 spiro atoms. The molecule has 2 N–H and O–H groups in total. The summed E-state index contributed by atoms with van der Waals surface area (Å²) >= 11 is 4.84. The van der Waals surface area contributed by atoms with Gasteiger partial charge in [0, 0.05) is 4.47 Å². The number of halogens is 1. The van der Waals surface area contributed by atoms with E-state index in [2.05, 4.69) is 38.4 Å². The smallest absolute Gasteiger partial charge is 0.337 e. The number of carbonyl (C=O) groups is 2. The first-order valence-electron chi connectivity index (χ1n) is 8.82. The van der Waals surface area contributed by atoms with Crippen LogP contribution in [0.25, 0.3) is 0 Å². The predicted octanol–water partition coefficient (Wildman–Crippen LogP) is 5.25. The maximum atomic E-state index is 12.3. The van der Waals surface area contributed by atoms with Crippen LogP contribution in [0.1, 0.15) is 59.9 Å². The number of anilines is 1. The van der Waals surface area contributed by atoms with Gasteiger partial charge in [-0.05, 0) is 42.5 Å². The molecule has 2 rings (SSSR count). The summed E-state index contributed by atoms with van der Waals surface area (Å²) in [5.41, 5.74) is 0.352. The average molecular weight is 452 g/mol. The van der Waals surface area contributed by atoms with Crippen molar-refractivity contribution in [2.24, 2.45) is 0 Å². The maximum Gasteiger partial charge on any atom is 0.337 e. The summed E-state index contributed by atoms with van der Waals surface area (Å²) in [5.74, 6) is -0.642. The lowest BCUT2D eigenvalue weighted by atomic mass is 10.1. The summed E-state index contributed by atoms with van der Waals surface area (Å²) in [6.45, 7) is 2.20. The summed E-state index contributed by atoms with van der Waals surface area (Å²) in [6, 6.07) is 7.98. The average Bonchev–Trinajstić information content (AvgIpc) is 2.66. The van der Waals surface area contributed by atoms with Crippen molar-refractivity contribution in [3.8, 4) is 0 Å². The summed E-state index contributed by atoms with van der Waals surface area (Å²) in [4.78, 5) is 23.6. The first-order valence-corrected chi connectivity index (χ1v) is 10.6. The number of thioether (sulfide) groups is 1. The number of amides is 1. The number of nitrogens with one attached hydrogen (secondary N) is 1. The Balaban J connectivity index is 1.91. The van der Waals surface area contributed by atoms with Gasteiger partial charge >= 0.3 is 5.97 Å². The van der Waals surface area contributed by atoms with Crippen LogP contribution in [0.4, 0.5) is 5.69 Å². The third-order valence-electron chi connectivity index (χ3n) is 3.83. The van der Waals surface area contributed by atoms with Crippen LogP contribution in [0, 0.1) is 0 Å². The summed E-state index contributed by atoms with van der Waals surface area (Å²) in [7, 11) is 0. The highest BCUT2D eigenvalue weighted by molar-refractivity contribution is 9.10. The Morgan fingerprint density at radius 3 is 2.56 bits per heavy atom. The minimum Gasteiger partial charge on any atom is -0.478 e. The van der Waals surface area contributed by atoms with Crippen molar-refractivity contribution >= 4 is 45.3 Å². The summed E-state index contributed by atoms with van der Waals surface area (Å²) in [6.07, 6.45) is 6.12. The van der Waals surface area contributed by atoms with Gasteiger partial charge in [-0.25, -0.2) is 4.79 Å². The number of hydrogen-bond donors (Lipinski definition) is 2. The van der Waals surface area contributed by atoms with Crippen LogP contribution in [0.5, 0.6) is 0 Å². The largest absolute Gasteiger partial charge is 0.478 e. The number of aromatic nitrogens is 2. The van der Waals surface area contributed by atoms with Crippen molar-refractivity contribution in [2.75, 3.05) is 11.1 Å². The molecule has 1 aromatic heterocycles. The van der Waals surface area contributed by atoms with Crippen molar-refractivity contribution in [1.82, 2.24) is 10.2 Å². The zero-order valence-corrected chi connectivity index (χ0v) is 17.5. The molecule has 1 heterocycles. The van der Waals surface area contributed by atoms with Gasteiger partial charge in [-0.15, -0.1) is 22.0 Å². The van der Waals surface area contributed by atoms with Crippen LogP contribution < -0.4 is 5.32 Å². The Labute approximate surface area is 171 Å². The quantitative estimate of drug-likeness (QED) is 0.378. The second-order valence-corrected chi connectivity index (χ2v) is 8.00. The molecule has 0 unspecified atom stereocenters. The standard InChI is InChI=1S/C19H22BrN3O3S/c1-2-3-4-5-6-11-27-17-10-9-16(22-23-17)18(24)21-15-8-7-13(20)12-14(15)19(25)26/h7-10,12H,2-6,11H2,1H3,(H,21,24)(H,25,26). The zero-order chi connectivity index (χ0) is 19.6. The topological polar surface area (TPSA) is 92.2 Å². The Morgan fingerprint density at radius 1 is 1.11 bits per heavy atom. The molecule has 0 atom stereocenters. The SMILES string of the molecule is CCCCCCCSc1ccc(C(=O)Nc2ccc(Br)cc2C(=O)O)nn1. The van der Waals surface area contributed by atoms with Gasteiger partial charge < -0.3 is 10.4 Å². The van der Waals surface area contributed by atoms with E-state index in [0.29, 0.717) is 4.47 Å². The number of carbonyl (C=O) groups excluding carboxylic acids is 1. The maximum absolute atomic E-state index is 12.3. The van der Waals surface area contributed by atoms with Crippen LogP contribution in [0.3, 0.4) is 0 Å². The highest BCUT2D eigenvalue weighted by Gasteiger charge is 2.15. The van der Waals surface area contributed by atoms with Gasteiger partial charge in [0.1, 0.15) is 5.03 Å². The second-order valence-electron chi connectivity index (χ2n) is 5.97. The van der Waals surface area contributed by atoms with Gasteiger partial charge in [-0.2, -0.15) is 0 Å². The highest BCUT2D eigenvalue weighted by atomic mass is 79.9. The number of unbranched alkanes of at least 4 members (excludes halogenated alkanes) is 4. The van der Waals surface area contributed by atoms with Gasteiger partial charge in [-0.3, -0.25) is 4.79 Å². The molecular weight excluding hydrogens is 430 g/mol. The van der Waals surface area contributed by atoms with Gasteiger partial charge in [0.05, 0.1) is 11.3 Å². The predicted molar refractivity (Wildman–Crippen MR) is 111 cm³/mol. The molecule has 1 amide bonds. The van der Waals surface area contributed by atoms with Gasteiger partial charge in [0.25, 0.3) is 5.91 Å². The third-order valence-corrected chi connectivity index (χ3v) is 5.33. The van der Waals surface area contributed by atoms with E-state index in [1.54, 1.807) is 30.0 Å². The van der Waals surface area contributed by atoms with E-state index in [1.165, 1.54) is 37.8 Å². The summed E-state index contributed by atoms with van der Waals surface area (Å²) < 4.78 is 0.619. The summed E-state index contributed by atoms with van der Waals surface area (Å²) in [5, 5.41) is 20.6. The molecular formula is C19H22BrN3O3S. The Bertz CT molecular complexity index is 784. The number of hydrogen-bond acceptors (Lipinski definition) is 5. The molecule has 0 fully saturated rings. The van der Waals surface area contributed by atoms with Crippen LogP contribution >= 0.6 is 27.7 Å². The first-order chi connectivity index (χ1) is 13.0. The minimum atomic E-state index is -1.12. The van der Waals surface area contributed by atoms with Crippen molar-refractivity contribution in [1.29, 1.82) is 0 Å². The van der Waals surface area contributed by atoms with E-state index in [-0.39, 0.29) is 16.9 Å². The molecule has 0 saturated heterocycles. The molecule has 144 valence electrons. The van der Waals surface area contributed by atoms with Crippen molar-refractivity contribution in [3.63, 3.8) is 0 Å². The number of aromatic carboxylic acids is 1. The van der Waals surface area contributed by atoms with E-state index in [4.69, 9.17) is 0 Å². The molecule has 0 radical (unpaired) electrons. The van der Waals surface area contributed by atoms with Crippen LogP contribution in [-0.2, 0) is 0 Å². The van der Waals surface area contributed by atoms with E-state index in [9.17, 15) is 14.7 Å². The van der Waals surface area contributed by atoms with Crippen LogP contribution in [0.2, 0.25) is 0 Å². The van der Waals surface area contributed by atoms with E-state index in [0.717, 1.165) is 17.2 Å². The fraction of sp³-hybridized carbons (Fsp3) is 0.368. The van der Waals surface area contributed by atoms with Crippen molar-refractivity contribution in [3.05, 3.63) is 46.1 Å². The lowest BCUT2D eigenvalue weighted by Crippen LogP contribution is -2.16. The molecule has 0 saturated carbocycles. The van der Waals surface area contributed by atoms with Gasteiger partial charge in [0.2, 0.25) is 0 Å². The zero-order valence-electron chi connectivity index (χ0n) is 15.1. The number of rotatable bonds is 10. The Kier molecular flexibility index (Phi) is 8.74. The molecule has 0 aliphatic heterocycles. The highest BCUT2D eigenvalue weighted by Crippen LogP contribution is 2.22. The molecule has 0 aliphatic carbocycles. The lowest BCUT2D eigenvalue weighted by molar-refractivity contribution is 0.0698. The number of benzene rings is 1. The van der Waals surface area contributed by atoms with Crippen LogP contribution in [-0.4, -0.2) is 32.9 Å². The first kappa shape index (κ1) is 21.4. The Morgan fingerprint density at radius 2 is 1.89 bits per heavy atom. The fourth-order valence-corrected chi connectivity index (χ4v) is 3.57. The Hall–Kier alpha value is -1.93. The lowest BCUT2D eigenvalue weighted by Gasteiger charge is -2.08. The molecule has 2 aromatic rings.